The fourth-order valence-electron chi connectivity index (χ4n) is 6.05. The molecule has 0 aliphatic rings. The molecule has 0 bridgehead atoms. The van der Waals surface area contributed by atoms with Gasteiger partial charge in [-0.3, -0.25) is 24.4 Å². The minimum atomic E-state index is -0.537. The van der Waals surface area contributed by atoms with Gasteiger partial charge in [0.2, 0.25) is 12.8 Å². The fourth-order valence-corrected chi connectivity index (χ4v) is 6.05. The van der Waals surface area contributed by atoms with Gasteiger partial charge >= 0.3 is 11.9 Å². The van der Waals surface area contributed by atoms with Crippen LogP contribution in [-0.4, -0.2) is 165 Å². The molecule has 0 heterocycles. The highest BCUT2D eigenvalue weighted by Gasteiger charge is 2.32. The van der Waals surface area contributed by atoms with E-state index in [1.165, 1.54) is 0 Å². The Morgan fingerprint density at radius 3 is 1.41 bits per heavy atom. The lowest BCUT2D eigenvalue weighted by molar-refractivity contribution is -0.186. The van der Waals surface area contributed by atoms with E-state index in [1.54, 1.807) is 27.6 Å². The van der Waals surface area contributed by atoms with Crippen molar-refractivity contribution < 1.29 is 66.5 Å². The van der Waals surface area contributed by atoms with E-state index in [0.29, 0.717) is 112 Å². The Balaban J connectivity index is 4.53. The molecule has 362 valence electrons. The second-order valence-corrected chi connectivity index (χ2v) is 14.6. The van der Waals surface area contributed by atoms with Gasteiger partial charge in [-0.05, 0) is 65.2 Å². The van der Waals surface area contributed by atoms with Gasteiger partial charge in [-0.1, -0.05) is 38.7 Å². The van der Waals surface area contributed by atoms with Gasteiger partial charge in [-0.2, -0.15) is 10.5 Å². The summed E-state index contributed by atoms with van der Waals surface area (Å²) in [6, 6.07) is 0. The minimum Gasteiger partial charge on any atom is -0.463 e. The highest BCUT2D eigenvalue weighted by molar-refractivity contribution is 5.81. The zero-order chi connectivity index (χ0) is 46.3. The Bertz CT molecular complexity index is 1170. The van der Waals surface area contributed by atoms with Crippen LogP contribution in [0.2, 0.25) is 0 Å². The van der Waals surface area contributed by atoms with Crippen LogP contribution in [0.25, 0.3) is 0 Å². The van der Waals surface area contributed by atoms with Gasteiger partial charge in [-0.15, -0.1) is 5.12 Å². The van der Waals surface area contributed by atoms with E-state index in [9.17, 15) is 19.2 Å². The van der Waals surface area contributed by atoms with Gasteiger partial charge in [0.15, 0.2) is 0 Å². The summed E-state index contributed by atoms with van der Waals surface area (Å²) in [6.45, 7) is 13.9. The molecular formula is C44H77N5O14. The monoisotopic (exact) mass is 900 g/mol. The molecule has 0 aliphatic carbocycles. The molecule has 19 heteroatoms. The van der Waals surface area contributed by atoms with Crippen molar-refractivity contribution in [3.63, 3.8) is 0 Å². The highest BCUT2D eigenvalue weighted by Crippen LogP contribution is 2.21. The third-order valence-corrected chi connectivity index (χ3v) is 9.39. The average molecular weight is 900 g/mol. The van der Waals surface area contributed by atoms with Crippen LogP contribution in [0.1, 0.15) is 104 Å². The number of ether oxygens (including phenoxy) is 10. The number of esters is 2. The molecule has 0 unspecified atom stereocenters. The molecule has 0 spiro atoms. The Morgan fingerprint density at radius 2 is 0.937 bits per heavy atom. The molecule has 0 rings (SSSR count). The van der Waals surface area contributed by atoms with Gasteiger partial charge in [0.1, 0.15) is 26.4 Å². The quantitative estimate of drug-likeness (QED) is 0.0198. The number of carbonyl (C=O) groups is 4. The summed E-state index contributed by atoms with van der Waals surface area (Å²) in [4.78, 5) is 47.8. The normalized spacial score (nSPS) is 11.1. The van der Waals surface area contributed by atoms with Gasteiger partial charge in [0.05, 0.1) is 71.5 Å². The van der Waals surface area contributed by atoms with Gasteiger partial charge in [0, 0.05) is 45.3 Å². The Hall–Kier alpha value is -4.08. The number of hydrogen-bond donors (Lipinski definition) is 0. The Labute approximate surface area is 376 Å². The van der Waals surface area contributed by atoms with Crippen LogP contribution in [0.15, 0.2) is 12.7 Å². The van der Waals surface area contributed by atoms with Gasteiger partial charge < -0.3 is 47.4 Å². The van der Waals surface area contributed by atoms with E-state index in [0.717, 1.165) is 95.9 Å². The predicted octanol–water partition coefficient (Wildman–Crippen LogP) is 4.89. The lowest BCUT2D eigenvalue weighted by Crippen LogP contribution is -2.53. The van der Waals surface area contributed by atoms with E-state index < -0.39 is 11.4 Å². The molecule has 0 aromatic rings. The van der Waals surface area contributed by atoms with Crippen molar-refractivity contribution in [2.45, 2.75) is 104 Å². The number of amides is 2. The molecule has 2 amide bonds. The second kappa shape index (κ2) is 44.5. The van der Waals surface area contributed by atoms with Crippen molar-refractivity contribution in [3.05, 3.63) is 12.7 Å². The molecule has 0 saturated carbocycles. The van der Waals surface area contributed by atoms with Crippen LogP contribution in [0.3, 0.4) is 0 Å². The third kappa shape index (κ3) is 35.0. The van der Waals surface area contributed by atoms with E-state index in [4.69, 9.17) is 57.9 Å². The molecule has 0 fully saturated rings. The number of nitriles is 2. The molecule has 0 radical (unpaired) electrons. The second-order valence-electron chi connectivity index (χ2n) is 14.6. The molecular weight excluding hydrogens is 823 g/mol. The number of carbonyl (C=O) groups excluding carboxylic acids is 4. The lowest BCUT2D eigenvalue weighted by Gasteiger charge is -2.38. The summed E-state index contributed by atoms with van der Waals surface area (Å²) in [5.41, 5.74) is -0.537. The average Bonchev–Trinajstić information content (AvgIpc) is 3.29. The van der Waals surface area contributed by atoms with Crippen LogP contribution < -0.4 is 0 Å². The first-order valence-corrected chi connectivity index (χ1v) is 22.5. The standard InChI is InChI=1S/C44H77N5O14/c1-4-42(52)62-32-30-56-26-28-58-36-44(34-54-5-2,35-55-6-3)37-59-29-27-57-31-33-63-43(53)20-14-8-7-9-17-23-49(47(40-50)21-15-10-12-18-24-60-38-45)48(41-51)22-16-11-13-19-25-61-39-46/h4,40-41H,1,5-37H2,2-3H3. The first-order chi connectivity index (χ1) is 30.9. The Kier molecular flexibility index (Phi) is 41.6. The molecule has 0 saturated heterocycles. The molecule has 19 nitrogen and oxygen atoms in total. The molecule has 0 aromatic heterocycles. The smallest absolute Gasteiger partial charge is 0.330 e. The van der Waals surface area contributed by atoms with Gasteiger partial charge in [-0.25, -0.2) is 4.79 Å². The number of hydrogen-bond acceptors (Lipinski definition) is 17. The van der Waals surface area contributed by atoms with Crippen molar-refractivity contribution >= 4 is 24.8 Å². The largest absolute Gasteiger partial charge is 0.463 e. The van der Waals surface area contributed by atoms with E-state index in [1.807, 2.05) is 13.8 Å². The molecule has 63 heavy (non-hydrogen) atoms. The maximum absolute atomic E-state index is 12.3. The summed E-state index contributed by atoms with van der Waals surface area (Å²) in [7, 11) is 0. The Morgan fingerprint density at radius 1 is 0.524 bits per heavy atom. The first-order valence-electron chi connectivity index (χ1n) is 22.5. The SMILES string of the molecule is C=CC(=O)OCCOCCOCC(COCC)(COCC)COCCOCCOC(=O)CCCCCCCN(N(C=O)CCCCCCOC#N)N(C=O)CCCCCCOC#N. The van der Waals surface area contributed by atoms with Crippen molar-refractivity contribution in [1.82, 2.24) is 15.1 Å². The zero-order valence-corrected chi connectivity index (χ0v) is 38.2. The van der Waals surface area contributed by atoms with Crippen molar-refractivity contribution in [2.75, 3.05) is 125 Å². The van der Waals surface area contributed by atoms with Crippen LogP contribution >= 0.6 is 0 Å². The number of unbranched alkanes of at least 4 members (excludes halogenated alkanes) is 10. The highest BCUT2D eigenvalue weighted by atomic mass is 16.6. The number of nitrogens with zero attached hydrogens (tertiary/aromatic N) is 5. The number of rotatable bonds is 49. The summed E-state index contributed by atoms with van der Waals surface area (Å²) < 4.78 is 54.1. The summed E-state index contributed by atoms with van der Waals surface area (Å²) in [5, 5.41) is 21.9. The summed E-state index contributed by atoms with van der Waals surface area (Å²) in [5.74, 6) is -0.775. The van der Waals surface area contributed by atoms with Gasteiger partial charge in [0.25, 0.3) is 12.5 Å². The molecule has 0 aliphatic heterocycles. The zero-order valence-electron chi connectivity index (χ0n) is 38.2. The van der Waals surface area contributed by atoms with Crippen molar-refractivity contribution in [3.8, 4) is 12.5 Å². The summed E-state index contributed by atoms with van der Waals surface area (Å²) >= 11 is 0. The molecule has 0 atom stereocenters. The topological polar surface area (TPSA) is 218 Å². The van der Waals surface area contributed by atoms with Crippen molar-refractivity contribution in [1.29, 1.82) is 10.5 Å². The maximum atomic E-state index is 12.3. The maximum Gasteiger partial charge on any atom is 0.330 e. The first kappa shape index (κ1) is 58.9. The van der Waals surface area contributed by atoms with Crippen LogP contribution in [0, 0.1) is 28.4 Å². The van der Waals surface area contributed by atoms with E-state index in [2.05, 4.69) is 6.58 Å². The number of hydrazine groups is 2. The fraction of sp³-hybridized carbons (Fsp3) is 0.818. The van der Waals surface area contributed by atoms with E-state index >= 15 is 0 Å². The summed E-state index contributed by atoms with van der Waals surface area (Å²) in [6.07, 6.45) is 16.7. The minimum absolute atomic E-state index is 0.138. The van der Waals surface area contributed by atoms with Crippen LogP contribution in [0.5, 0.6) is 0 Å². The third-order valence-electron chi connectivity index (χ3n) is 9.39. The lowest BCUT2D eigenvalue weighted by atomic mass is 9.92. The molecule has 0 N–H and O–H groups in total. The van der Waals surface area contributed by atoms with E-state index in [-0.39, 0.29) is 32.4 Å². The predicted molar refractivity (Wildman–Crippen MR) is 231 cm³/mol. The molecule has 0 aromatic carbocycles. The van der Waals surface area contributed by atoms with Crippen LogP contribution in [0.4, 0.5) is 0 Å². The van der Waals surface area contributed by atoms with Crippen LogP contribution in [-0.2, 0) is 66.5 Å². The van der Waals surface area contributed by atoms with Crippen molar-refractivity contribution in [2.24, 2.45) is 5.41 Å².